The van der Waals surface area contributed by atoms with Crippen molar-refractivity contribution in [2.45, 2.75) is 52.1 Å². The average molecular weight is 319 g/mol. The van der Waals surface area contributed by atoms with Crippen LogP contribution in [0.3, 0.4) is 0 Å². The van der Waals surface area contributed by atoms with E-state index in [0.29, 0.717) is 11.3 Å². The van der Waals surface area contributed by atoms with Gasteiger partial charge >= 0.3 is 0 Å². The van der Waals surface area contributed by atoms with Gasteiger partial charge in [-0.25, -0.2) is 0 Å². The van der Waals surface area contributed by atoms with Crippen molar-refractivity contribution in [3.8, 4) is 0 Å². The average Bonchev–Trinajstić information content (AvgIpc) is 2.56. The Morgan fingerprint density at radius 3 is 2.53 bits per heavy atom. The van der Waals surface area contributed by atoms with E-state index >= 15 is 0 Å². The first-order chi connectivity index (χ1) is 7.87. The van der Waals surface area contributed by atoms with Crippen molar-refractivity contribution in [2.75, 3.05) is 5.75 Å². The molecule has 3 heteroatoms. The number of aliphatic hydroxyl groups is 1. The van der Waals surface area contributed by atoms with Crippen molar-refractivity contribution in [2.24, 2.45) is 16.7 Å². The van der Waals surface area contributed by atoms with E-state index in [2.05, 4.69) is 47.7 Å². The molecule has 2 bridgehead atoms. The van der Waals surface area contributed by atoms with Crippen LogP contribution in [-0.2, 0) is 0 Å². The summed E-state index contributed by atoms with van der Waals surface area (Å²) in [7, 11) is 1.64. The second-order valence-corrected chi connectivity index (χ2v) is 8.40. The molecular formula is C14H23BrOS. The summed E-state index contributed by atoms with van der Waals surface area (Å²) in [6.07, 6.45) is 8.60. The van der Waals surface area contributed by atoms with Crippen LogP contribution in [0.1, 0.15) is 46.5 Å². The lowest BCUT2D eigenvalue weighted by atomic mass is 9.63. The van der Waals surface area contributed by atoms with E-state index in [1.54, 1.807) is 10.2 Å². The van der Waals surface area contributed by atoms with Gasteiger partial charge in [-0.2, -0.15) is 0 Å². The van der Waals surface area contributed by atoms with E-state index in [-0.39, 0.29) is 5.41 Å². The van der Waals surface area contributed by atoms with Crippen LogP contribution >= 0.6 is 25.0 Å². The van der Waals surface area contributed by atoms with Gasteiger partial charge < -0.3 is 5.11 Å². The Balaban J connectivity index is 2.12. The summed E-state index contributed by atoms with van der Waals surface area (Å²) in [5.74, 6) is 1.68. The number of hydrogen-bond acceptors (Lipinski definition) is 2. The third-order valence-corrected chi connectivity index (χ3v) is 6.94. The molecule has 2 fully saturated rings. The highest BCUT2D eigenvalue weighted by molar-refractivity contribution is 9.50. The molecule has 3 atom stereocenters. The van der Waals surface area contributed by atoms with Crippen LogP contribution in [0.15, 0.2) is 12.2 Å². The van der Waals surface area contributed by atoms with Crippen LogP contribution in [0.4, 0.5) is 0 Å². The molecule has 0 spiro atoms. The van der Waals surface area contributed by atoms with Crippen LogP contribution in [0.25, 0.3) is 0 Å². The quantitative estimate of drug-likeness (QED) is 0.767. The second kappa shape index (κ2) is 4.57. The molecule has 2 saturated carbocycles. The fraction of sp³-hybridized carbons (Fsp3) is 0.857. The maximum Gasteiger partial charge on any atom is 0.0743 e. The zero-order valence-electron chi connectivity index (χ0n) is 11.0. The molecular weight excluding hydrogens is 296 g/mol. The Morgan fingerprint density at radius 2 is 2.06 bits per heavy atom. The van der Waals surface area contributed by atoms with Gasteiger partial charge in [0.1, 0.15) is 0 Å². The monoisotopic (exact) mass is 318 g/mol. The molecule has 2 aliphatic rings. The Bertz CT molecular complexity index is 328. The van der Waals surface area contributed by atoms with Crippen molar-refractivity contribution in [1.82, 2.24) is 0 Å². The predicted molar refractivity (Wildman–Crippen MR) is 79.3 cm³/mol. The minimum absolute atomic E-state index is 0.0938. The molecule has 0 aliphatic heterocycles. The third-order valence-electron chi connectivity index (χ3n) is 5.83. The molecule has 0 amide bonds. The van der Waals surface area contributed by atoms with Crippen molar-refractivity contribution in [3.63, 3.8) is 0 Å². The molecule has 2 rings (SSSR count). The van der Waals surface area contributed by atoms with Gasteiger partial charge in [0.05, 0.1) is 5.60 Å². The summed E-state index contributed by atoms with van der Waals surface area (Å²) >= 11 is 3.34. The van der Waals surface area contributed by atoms with E-state index < -0.39 is 5.60 Å². The van der Waals surface area contributed by atoms with Gasteiger partial charge in [-0.15, -0.1) is 0 Å². The van der Waals surface area contributed by atoms with Crippen LogP contribution < -0.4 is 0 Å². The van der Waals surface area contributed by atoms with Crippen LogP contribution in [0.5, 0.6) is 0 Å². The van der Waals surface area contributed by atoms with Gasteiger partial charge in [0, 0.05) is 11.2 Å². The largest absolute Gasteiger partial charge is 0.389 e. The standard InChI is InChI=1S/C14H23BrOS/c1-12(2)11-6-8-13(12,3)14(16,10-11)7-4-5-9-17-15/h4-5,11,16H,6-10H2,1-3H3. The highest BCUT2D eigenvalue weighted by Gasteiger charge is 2.67. The van der Waals surface area contributed by atoms with Gasteiger partial charge in [0.15, 0.2) is 0 Å². The summed E-state index contributed by atoms with van der Waals surface area (Å²) in [4.78, 5) is 0. The van der Waals surface area contributed by atoms with Crippen LogP contribution in [-0.4, -0.2) is 16.5 Å². The number of hydrogen-bond donors (Lipinski definition) is 1. The highest BCUT2D eigenvalue weighted by atomic mass is 79.9. The van der Waals surface area contributed by atoms with Gasteiger partial charge in [-0.1, -0.05) is 43.1 Å². The normalized spacial score (nSPS) is 43.7. The lowest BCUT2D eigenvalue weighted by Gasteiger charge is -2.45. The molecule has 0 aromatic carbocycles. The molecule has 0 aromatic rings. The van der Waals surface area contributed by atoms with Gasteiger partial charge in [0.25, 0.3) is 0 Å². The van der Waals surface area contributed by atoms with E-state index in [1.807, 2.05) is 0 Å². The topological polar surface area (TPSA) is 20.2 Å². The first-order valence-electron chi connectivity index (χ1n) is 6.48. The number of rotatable bonds is 4. The number of halogens is 1. The molecule has 0 aromatic heterocycles. The Kier molecular flexibility index (Phi) is 3.75. The third kappa shape index (κ3) is 1.93. The molecule has 0 heterocycles. The minimum atomic E-state index is -0.479. The van der Waals surface area contributed by atoms with E-state index in [4.69, 9.17) is 0 Å². The van der Waals surface area contributed by atoms with Crippen LogP contribution in [0.2, 0.25) is 0 Å². The maximum absolute atomic E-state index is 11.0. The Hall–Kier alpha value is 0.530. The molecule has 3 unspecified atom stereocenters. The van der Waals surface area contributed by atoms with E-state index in [1.165, 1.54) is 12.8 Å². The smallest absolute Gasteiger partial charge is 0.0743 e. The van der Waals surface area contributed by atoms with E-state index in [9.17, 15) is 5.11 Å². The molecule has 0 radical (unpaired) electrons. The van der Waals surface area contributed by atoms with Crippen molar-refractivity contribution in [3.05, 3.63) is 12.2 Å². The molecule has 1 nitrogen and oxygen atoms in total. The lowest BCUT2D eigenvalue weighted by Crippen LogP contribution is -2.46. The van der Waals surface area contributed by atoms with E-state index in [0.717, 1.165) is 18.6 Å². The van der Waals surface area contributed by atoms with Gasteiger partial charge in [-0.05, 0) is 51.8 Å². The van der Waals surface area contributed by atoms with Crippen LogP contribution in [0, 0.1) is 16.7 Å². The number of fused-ring (bicyclic) bond motifs is 2. The minimum Gasteiger partial charge on any atom is -0.389 e. The fourth-order valence-electron chi connectivity index (χ4n) is 4.11. The van der Waals surface area contributed by atoms with Gasteiger partial charge in [-0.3, -0.25) is 0 Å². The molecule has 98 valence electrons. The molecule has 0 saturated heterocycles. The Labute approximate surface area is 117 Å². The SMILES string of the molecule is CC1(C)C2CCC1(C)C(O)(CC=CCSBr)C2. The zero-order chi connectivity index (χ0) is 12.7. The molecule has 17 heavy (non-hydrogen) atoms. The summed E-state index contributed by atoms with van der Waals surface area (Å²) in [6.45, 7) is 6.99. The molecule has 2 aliphatic carbocycles. The zero-order valence-corrected chi connectivity index (χ0v) is 13.4. The summed E-state index contributed by atoms with van der Waals surface area (Å²) < 4.78 is 0. The van der Waals surface area contributed by atoms with Crippen molar-refractivity contribution in [1.29, 1.82) is 0 Å². The highest BCUT2D eigenvalue weighted by Crippen LogP contribution is 2.70. The first-order valence-corrected chi connectivity index (χ1v) is 9.31. The Morgan fingerprint density at radius 1 is 1.35 bits per heavy atom. The van der Waals surface area contributed by atoms with Crippen molar-refractivity contribution >= 4 is 25.0 Å². The maximum atomic E-state index is 11.0. The fourth-order valence-corrected chi connectivity index (χ4v) is 4.78. The lowest BCUT2D eigenvalue weighted by molar-refractivity contribution is -0.0867. The second-order valence-electron chi connectivity index (χ2n) is 6.48. The first kappa shape index (κ1) is 14.0. The summed E-state index contributed by atoms with van der Waals surface area (Å²) in [5.41, 5.74) is -0.0940. The predicted octanol–water partition coefficient (Wildman–Crippen LogP) is 4.55. The van der Waals surface area contributed by atoms with Crippen molar-refractivity contribution < 1.29 is 5.11 Å². The van der Waals surface area contributed by atoms with Gasteiger partial charge in [0.2, 0.25) is 0 Å². The summed E-state index contributed by atoms with van der Waals surface area (Å²) in [6, 6.07) is 0. The summed E-state index contributed by atoms with van der Waals surface area (Å²) in [5, 5.41) is 11.0. The molecule has 1 N–H and O–H groups in total.